The Hall–Kier alpha value is -1.93. The van der Waals surface area contributed by atoms with Crippen LogP contribution >= 0.6 is 0 Å². The topological polar surface area (TPSA) is 26.3 Å². The Morgan fingerprint density at radius 3 is 2.07 bits per heavy atom. The summed E-state index contributed by atoms with van der Waals surface area (Å²) in [6.07, 6.45) is 7.37. The summed E-state index contributed by atoms with van der Waals surface area (Å²) in [7, 11) is 0. The van der Waals surface area contributed by atoms with Gasteiger partial charge in [-0.1, -0.05) is 41.5 Å². The normalized spacial score (nSPS) is 19.8. The van der Waals surface area contributed by atoms with Crippen molar-refractivity contribution in [2.24, 2.45) is 0 Å². The van der Waals surface area contributed by atoms with Gasteiger partial charge in [0.2, 0.25) is 0 Å². The Morgan fingerprint density at radius 1 is 0.867 bits per heavy atom. The van der Waals surface area contributed by atoms with Crippen molar-refractivity contribution < 1.29 is 9.53 Å². The maximum Gasteiger partial charge on any atom is 0.163 e. The van der Waals surface area contributed by atoms with Gasteiger partial charge in [-0.05, 0) is 114 Å². The highest BCUT2D eigenvalue weighted by Gasteiger charge is 2.33. The van der Waals surface area contributed by atoms with Gasteiger partial charge in [0.25, 0.3) is 0 Å². The molecule has 0 aromatic heterocycles. The molecule has 2 heteroatoms. The van der Waals surface area contributed by atoms with Gasteiger partial charge in [-0.3, -0.25) is 4.79 Å². The maximum atomic E-state index is 12.9. The predicted octanol–water partition coefficient (Wildman–Crippen LogP) is 7.60. The summed E-state index contributed by atoms with van der Waals surface area (Å²) >= 11 is 0. The standard InChI is InChI=1S/C28H38O2/c1-19-13-12-14-20(2)26(27(21(3)29)30-28(4,5)6)25(19)24-18-11-10-17-23(24)22-15-8-7-9-16-22/h7-9,15-16,27H,10-14,17-18H2,1-6H3. The quantitative estimate of drug-likeness (QED) is 0.503. The first kappa shape index (κ1) is 22.7. The lowest BCUT2D eigenvalue weighted by Crippen LogP contribution is -2.35. The molecule has 0 spiro atoms. The van der Waals surface area contributed by atoms with Crippen LogP contribution in [0.5, 0.6) is 0 Å². The third-order valence-corrected chi connectivity index (χ3v) is 6.25. The second-order valence-electron chi connectivity index (χ2n) is 9.95. The zero-order chi connectivity index (χ0) is 21.9. The van der Waals surface area contributed by atoms with Crippen LogP contribution in [0.4, 0.5) is 0 Å². The number of benzene rings is 1. The summed E-state index contributed by atoms with van der Waals surface area (Å²) in [4.78, 5) is 12.9. The zero-order valence-electron chi connectivity index (χ0n) is 19.7. The van der Waals surface area contributed by atoms with Crippen LogP contribution < -0.4 is 0 Å². The molecule has 162 valence electrons. The molecule has 2 nitrogen and oxygen atoms in total. The fourth-order valence-electron chi connectivity index (χ4n) is 4.93. The van der Waals surface area contributed by atoms with Crippen LogP contribution in [0.15, 0.2) is 58.2 Å². The first-order valence-corrected chi connectivity index (χ1v) is 11.5. The molecule has 1 aromatic rings. The van der Waals surface area contributed by atoms with E-state index in [2.05, 4.69) is 44.2 Å². The molecule has 30 heavy (non-hydrogen) atoms. The van der Waals surface area contributed by atoms with Crippen molar-refractivity contribution in [1.29, 1.82) is 0 Å². The van der Waals surface area contributed by atoms with Crippen molar-refractivity contribution >= 4 is 11.4 Å². The molecule has 2 aliphatic carbocycles. The summed E-state index contributed by atoms with van der Waals surface area (Å²) in [6.45, 7) is 12.3. The van der Waals surface area contributed by atoms with Crippen molar-refractivity contribution in [3.63, 3.8) is 0 Å². The number of allylic oxidation sites excluding steroid dienone is 4. The van der Waals surface area contributed by atoms with Gasteiger partial charge in [0.15, 0.2) is 5.78 Å². The molecule has 0 saturated carbocycles. The molecule has 2 aliphatic rings. The summed E-state index contributed by atoms with van der Waals surface area (Å²) in [5, 5.41) is 0. The lowest BCUT2D eigenvalue weighted by atomic mass is 9.77. The number of hydrogen-bond donors (Lipinski definition) is 0. The number of rotatable bonds is 5. The third kappa shape index (κ3) is 5.21. The van der Waals surface area contributed by atoms with Crippen LogP contribution in [0.25, 0.3) is 5.57 Å². The van der Waals surface area contributed by atoms with Crippen molar-refractivity contribution in [2.45, 2.75) is 98.2 Å². The molecular formula is C28H38O2. The average Bonchev–Trinajstić information content (AvgIpc) is 2.84. The van der Waals surface area contributed by atoms with E-state index in [0.29, 0.717) is 0 Å². The minimum atomic E-state index is -0.500. The first-order chi connectivity index (χ1) is 14.2. The van der Waals surface area contributed by atoms with Gasteiger partial charge in [-0.2, -0.15) is 0 Å². The van der Waals surface area contributed by atoms with Crippen LogP contribution in [-0.4, -0.2) is 17.5 Å². The van der Waals surface area contributed by atoms with E-state index in [1.165, 1.54) is 46.3 Å². The molecule has 0 amide bonds. The summed E-state index contributed by atoms with van der Waals surface area (Å²) in [6, 6.07) is 10.8. The molecule has 0 heterocycles. The number of carbonyl (C=O) groups excluding carboxylic acids is 1. The largest absolute Gasteiger partial charge is 0.360 e. The highest BCUT2D eigenvalue weighted by Crippen LogP contribution is 2.44. The molecule has 1 atom stereocenters. The predicted molar refractivity (Wildman–Crippen MR) is 126 cm³/mol. The van der Waals surface area contributed by atoms with E-state index in [9.17, 15) is 4.79 Å². The number of hydrogen-bond acceptors (Lipinski definition) is 2. The van der Waals surface area contributed by atoms with E-state index in [4.69, 9.17) is 4.74 Å². The molecule has 1 aromatic carbocycles. The number of carbonyl (C=O) groups is 1. The lowest BCUT2D eigenvalue weighted by Gasteiger charge is -2.33. The summed E-state index contributed by atoms with van der Waals surface area (Å²) < 4.78 is 6.41. The van der Waals surface area contributed by atoms with E-state index < -0.39 is 6.10 Å². The monoisotopic (exact) mass is 406 g/mol. The van der Waals surface area contributed by atoms with Crippen molar-refractivity contribution in [1.82, 2.24) is 0 Å². The Morgan fingerprint density at radius 2 is 1.47 bits per heavy atom. The second-order valence-corrected chi connectivity index (χ2v) is 9.95. The van der Waals surface area contributed by atoms with Crippen LogP contribution in [0, 0.1) is 0 Å². The minimum Gasteiger partial charge on any atom is -0.360 e. The molecular weight excluding hydrogens is 368 g/mol. The van der Waals surface area contributed by atoms with Gasteiger partial charge in [0.1, 0.15) is 6.10 Å². The lowest BCUT2D eigenvalue weighted by molar-refractivity contribution is -0.133. The van der Waals surface area contributed by atoms with Crippen LogP contribution in [0.3, 0.4) is 0 Å². The van der Waals surface area contributed by atoms with E-state index in [1.54, 1.807) is 6.92 Å². The van der Waals surface area contributed by atoms with Gasteiger partial charge in [0, 0.05) is 0 Å². The van der Waals surface area contributed by atoms with E-state index in [0.717, 1.165) is 37.7 Å². The van der Waals surface area contributed by atoms with Gasteiger partial charge < -0.3 is 4.74 Å². The molecule has 0 aliphatic heterocycles. The summed E-state index contributed by atoms with van der Waals surface area (Å²) in [5.74, 6) is 0.101. The van der Waals surface area contributed by atoms with Crippen LogP contribution in [-0.2, 0) is 9.53 Å². The second kappa shape index (κ2) is 9.47. The van der Waals surface area contributed by atoms with Crippen molar-refractivity contribution in [3.05, 3.63) is 63.8 Å². The molecule has 0 N–H and O–H groups in total. The van der Waals surface area contributed by atoms with E-state index in [-0.39, 0.29) is 11.4 Å². The molecule has 0 bridgehead atoms. The first-order valence-electron chi connectivity index (χ1n) is 11.5. The zero-order valence-corrected chi connectivity index (χ0v) is 19.7. The Balaban J connectivity index is 2.23. The molecule has 0 fully saturated rings. The fourth-order valence-corrected chi connectivity index (χ4v) is 4.93. The highest BCUT2D eigenvalue weighted by molar-refractivity contribution is 5.87. The Labute approximate surface area is 183 Å². The Bertz CT molecular complexity index is 875. The molecule has 1 unspecified atom stereocenters. The SMILES string of the molecule is CC(=O)C(OC(C)(C)C)C1=C(C)CCCC(C)=C1C1=C(c2ccccc2)CCCC1. The number of ketones is 1. The van der Waals surface area contributed by atoms with Gasteiger partial charge in [-0.25, -0.2) is 0 Å². The number of Topliss-reactive ketones (excluding diaryl/α,β-unsaturated/α-hetero) is 1. The highest BCUT2D eigenvalue weighted by atomic mass is 16.5. The van der Waals surface area contributed by atoms with E-state index in [1.807, 2.05) is 20.8 Å². The van der Waals surface area contributed by atoms with Gasteiger partial charge in [-0.15, -0.1) is 0 Å². The third-order valence-electron chi connectivity index (χ3n) is 6.25. The van der Waals surface area contributed by atoms with Crippen molar-refractivity contribution in [2.75, 3.05) is 0 Å². The minimum absolute atomic E-state index is 0.101. The summed E-state index contributed by atoms with van der Waals surface area (Å²) in [5.41, 5.74) is 9.06. The maximum absolute atomic E-state index is 12.9. The van der Waals surface area contributed by atoms with Gasteiger partial charge in [0.05, 0.1) is 5.60 Å². The average molecular weight is 407 g/mol. The van der Waals surface area contributed by atoms with E-state index >= 15 is 0 Å². The van der Waals surface area contributed by atoms with Gasteiger partial charge >= 0.3 is 0 Å². The number of ether oxygens (including phenoxy) is 1. The molecule has 3 rings (SSSR count). The van der Waals surface area contributed by atoms with Crippen LogP contribution in [0.1, 0.15) is 92.1 Å². The fraction of sp³-hybridized carbons (Fsp3) is 0.536. The van der Waals surface area contributed by atoms with Crippen LogP contribution in [0.2, 0.25) is 0 Å². The molecule has 0 saturated heterocycles. The molecule has 0 radical (unpaired) electrons. The Kier molecular flexibility index (Phi) is 7.18. The van der Waals surface area contributed by atoms with Crippen molar-refractivity contribution in [3.8, 4) is 0 Å². The smallest absolute Gasteiger partial charge is 0.163 e.